The number of fused-ring (bicyclic) bond motifs is 8. The highest BCUT2D eigenvalue weighted by Crippen LogP contribution is 2.55. The molecule has 0 saturated heterocycles. The summed E-state index contributed by atoms with van der Waals surface area (Å²) in [5.74, 6) is 0. The van der Waals surface area contributed by atoms with Gasteiger partial charge in [0.25, 0.3) is 0 Å². The monoisotopic (exact) mass is 587 g/mol. The Morgan fingerprint density at radius 2 is 1.02 bits per heavy atom. The number of benzene rings is 8. The Kier molecular flexibility index (Phi) is 5.92. The third-order valence-electron chi connectivity index (χ3n) is 10.0. The molecule has 0 fully saturated rings. The van der Waals surface area contributed by atoms with Gasteiger partial charge in [0.2, 0.25) is 0 Å². The Morgan fingerprint density at radius 1 is 0.413 bits per heavy atom. The molecule has 0 heterocycles. The summed E-state index contributed by atoms with van der Waals surface area (Å²) in [6, 6.07) is 60.2. The minimum absolute atomic E-state index is 0.100. The molecule has 0 unspecified atom stereocenters. The average Bonchev–Trinajstić information content (AvgIpc) is 3.35. The fraction of sp³-hybridized carbons (Fsp3) is 0.0667. The van der Waals surface area contributed by atoms with Gasteiger partial charge in [-0.25, -0.2) is 0 Å². The predicted octanol–water partition coefficient (Wildman–Crippen LogP) is 12.6. The van der Waals surface area contributed by atoms with Crippen molar-refractivity contribution in [2.75, 3.05) is 4.90 Å². The van der Waals surface area contributed by atoms with Gasteiger partial charge in [-0.15, -0.1) is 0 Å². The summed E-state index contributed by atoms with van der Waals surface area (Å²) in [4.78, 5) is 2.54. The molecule has 1 heteroatoms. The third kappa shape index (κ3) is 3.88. The quantitative estimate of drug-likeness (QED) is 0.185. The van der Waals surface area contributed by atoms with Crippen LogP contribution >= 0.6 is 0 Å². The Morgan fingerprint density at radius 3 is 1.87 bits per heavy atom. The van der Waals surface area contributed by atoms with Gasteiger partial charge in [0.15, 0.2) is 0 Å². The van der Waals surface area contributed by atoms with Crippen LogP contribution in [0.25, 0.3) is 54.6 Å². The van der Waals surface area contributed by atoms with E-state index < -0.39 is 0 Å². The molecule has 0 saturated carbocycles. The number of hydrogen-bond donors (Lipinski definition) is 0. The van der Waals surface area contributed by atoms with Crippen LogP contribution in [0.15, 0.2) is 164 Å². The summed E-state index contributed by atoms with van der Waals surface area (Å²) < 4.78 is 0. The van der Waals surface area contributed by atoms with Crippen molar-refractivity contribution < 1.29 is 0 Å². The maximum absolute atomic E-state index is 2.54. The van der Waals surface area contributed by atoms with Crippen molar-refractivity contribution in [2.24, 2.45) is 0 Å². The molecule has 1 aliphatic rings. The van der Waals surface area contributed by atoms with E-state index in [1.54, 1.807) is 0 Å². The molecule has 1 aliphatic carbocycles. The summed E-state index contributed by atoms with van der Waals surface area (Å²) in [7, 11) is 0. The number of para-hydroxylation sites is 1. The Hall–Kier alpha value is -5.66. The molecule has 0 atom stereocenters. The highest BCUT2D eigenvalue weighted by Gasteiger charge is 2.38. The van der Waals surface area contributed by atoms with Crippen molar-refractivity contribution in [1.82, 2.24) is 0 Å². The van der Waals surface area contributed by atoms with Crippen LogP contribution in [0.1, 0.15) is 25.0 Å². The molecule has 9 rings (SSSR count). The minimum atomic E-state index is -0.100. The molecule has 0 aromatic heterocycles. The van der Waals surface area contributed by atoms with Crippen LogP contribution < -0.4 is 4.90 Å². The van der Waals surface area contributed by atoms with Gasteiger partial charge in [0, 0.05) is 21.9 Å². The Labute approximate surface area is 270 Å². The molecular weight excluding hydrogens is 555 g/mol. The first-order chi connectivity index (χ1) is 22.6. The third-order valence-corrected chi connectivity index (χ3v) is 10.0. The predicted molar refractivity (Wildman–Crippen MR) is 197 cm³/mol. The lowest BCUT2D eigenvalue weighted by molar-refractivity contribution is 0.660. The zero-order valence-corrected chi connectivity index (χ0v) is 26.0. The van der Waals surface area contributed by atoms with E-state index in [0.29, 0.717) is 0 Å². The molecule has 0 amide bonds. The largest absolute Gasteiger partial charge is 0.309 e. The molecule has 0 bridgehead atoms. The lowest BCUT2D eigenvalue weighted by Crippen LogP contribution is -2.16. The molecule has 1 nitrogen and oxygen atoms in total. The molecule has 46 heavy (non-hydrogen) atoms. The van der Waals surface area contributed by atoms with Crippen molar-refractivity contribution in [2.45, 2.75) is 19.3 Å². The van der Waals surface area contributed by atoms with Crippen molar-refractivity contribution in [3.63, 3.8) is 0 Å². The van der Waals surface area contributed by atoms with Crippen LogP contribution in [0.5, 0.6) is 0 Å². The van der Waals surface area contributed by atoms with Gasteiger partial charge in [-0.05, 0) is 67.4 Å². The Balaban J connectivity index is 1.43. The van der Waals surface area contributed by atoms with E-state index in [4.69, 9.17) is 0 Å². The second-order valence-electron chi connectivity index (χ2n) is 12.9. The van der Waals surface area contributed by atoms with Gasteiger partial charge < -0.3 is 4.90 Å². The van der Waals surface area contributed by atoms with E-state index >= 15 is 0 Å². The molecule has 0 radical (unpaired) electrons. The first kappa shape index (κ1) is 26.7. The highest BCUT2D eigenvalue weighted by molar-refractivity contribution is 6.24. The van der Waals surface area contributed by atoms with Crippen LogP contribution in [0.3, 0.4) is 0 Å². The molecule has 0 N–H and O–H groups in total. The number of hydrogen-bond acceptors (Lipinski definition) is 1. The zero-order chi connectivity index (χ0) is 30.8. The van der Waals surface area contributed by atoms with Crippen molar-refractivity contribution in [3.05, 3.63) is 175 Å². The van der Waals surface area contributed by atoms with Gasteiger partial charge in [0.05, 0.1) is 17.1 Å². The standard InChI is InChI=1S/C45H33N/c1-45(2)38-23-12-10-22-37(38)44-39(45)24-14-26-41(44)46(40-25-13-11-18-33(40)30-15-4-3-5-16-30)42-29-32-28-27-31-17-6-7-19-34(31)43(32)36-21-9-8-20-35(36)42/h3-29H,1-2H3. The summed E-state index contributed by atoms with van der Waals surface area (Å²) in [5.41, 5.74) is 11.2. The van der Waals surface area contributed by atoms with E-state index in [-0.39, 0.29) is 5.41 Å². The highest BCUT2D eigenvalue weighted by atomic mass is 15.1. The van der Waals surface area contributed by atoms with Crippen molar-refractivity contribution >= 4 is 49.4 Å². The van der Waals surface area contributed by atoms with E-state index in [9.17, 15) is 0 Å². The van der Waals surface area contributed by atoms with Gasteiger partial charge in [-0.1, -0.05) is 159 Å². The summed E-state index contributed by atoms with van der Waals surface area (Å²) in [6.07, 6.45) is 0. The molecular formula is C45H33N. The first-order valence-corrected chi connectivity index (χ1v) is 16.1. The minimum Gasteiger partial charge on any atom is -0.309 e. The fourth-order valence-corrected chi connectivity index (χ4v) is 7.89. The van der Waals surface area contributed by atoms with Gasteiger partial charge in [0.1, 0.15) is 0 Å². The van der Waals surface area contributed by atoms with Crippen LogP contribution in [-0.2, 0) is 5.41 Å². The van der Waals surface area contributed by atoms with Crippen LogP contribution in [-0.4, -0.2) is 0 Å². The SMILES string of the molecule is CC1(C)c2ccccc2-c2c(N(c3ccccc3-c3ccccc3)c3cc4ccc5ccccc5c4c4ccccc34)cccc21. The summed E-state index contributed by atoms with van der Waals surface area (Å²) in [6.45, 7) is 4.72. The smallest absolute Gasteiger partial charge is 0.0546 e. The summed E-state index contributed by atoms with van der Waals surface area (Å²) >= 11 is 0. The second kappa shape index (κ2) is 10.2. The van der Waals surface area contributed by atoms with Gasteiger partial charge >= 0.3 is 0 Å². The number of anilines is 3. The van der Waals surface area contributed by atoms with E-state index in [0.717, 1.165) is 5.69 Å². The van der Waals surface area contributed by atoms with Crippen molar-refractivity contribution in [3.8, 4) is 22.3 Å². The topological polar surface area (TPSA) is 3.24 Å². The molecule has 0 spiro atoms. The van der Waals surface area contributed by atoms with Crippen LogP contribution in [0, 0.1) is 0 Å². The van der Waals surface area contributed by atoms with Gasteiger partial charge in [-0.2, -0.15) is 0 Å². The summed E-state index contributed by atoms with van der Waals surface area (Å²) in [5, 5.41) is 7.59. The van der Waals surface area contributed by atoms with Gasteiger partial charge in [-0.3, -0.25) is 0 Å². The Bertz CT molecular complexity index is 2450. The molecule has 8 aromatic carbocycles. The average molecular weight is 588 g/mol. The van der Waals surface area contributed by atoms with E-state index in [1.165, 1.54) is 77.1 Å². The molecule has 218 valence electrons. The molecule has 0 aliphatic heterocycles. The first-order valence-electron chi connectivity index (χ1n) is 16.1. The molecule has 8 aromatic rings. The number of nitrogens with zero attached hydrogens (tertiary/aromatic N) is 1. The fourth-order valence-electron chi connectivity index (χ4n) is 7.89. The van der Waals surface area contributed by atoms with Crippen LogP contribution in [0.4, 0.5) is 17.1 Å². The maximum Gasteiger partial charge on any atom is 0.0546 e. The zero-order valence-electron chi connectivity index (χ0n) is 26.0. The maximum atomic E-state index is 2.54. The van der Waals surface area contributed by atoms with E-state index in [1.807, 2.05) is 0 Å². The normalized spacial score (nSPS) is 13.2. The lowest BCUT2D eigenvalue weighted by atomic mass is 9.82. The van der Waals surface area contributed by atoms with Crippen molar-refractivity contribution in [1.29, 1.82) is 0 Å². The van der Waals surface area contributed by atoms with E-state index in [2.05, 4.69) is 183 Å². The second-order valence-corrected chi connectivity index (χ2v) is 12.9. The lowest BCUT2D eigenvalue weighted by Gasteiger charge is -2.32. The van der Waals surface area contributed by atoms with Crippen LogP contribution in [0.2, 0.25) is 0 Å². The number of rotatable bonds is 4.